The molecule has 5 aromatic carbocycles. The molecule has 1 aromatic heterocycles. The molecular weight excluding hydrogens is 704 g/mol. The number of benzene rings is 5. The second kappa shape index (κ2) is 15.4. The van der Waals surface area contributed by atoms with Crippen LogP contribution in [-0.4, -0.2) is 20.3 Å². The minimum atomic E-state index is -1.76. The third-order valence-corrected chi connectivity index (χ3v) is 14.3. The van der Waals surface area contributed by atoms with E-state index in [2.05, 4.69) is 168 Å². The number of unbranched alkanes of at least 4 members (excludes halogenated alkanes) is 1. The molecule has 2 heterocycles. The van der Waals surface area contributed by atoms with Gasteiger partial charge in [-0.15, -0.1) is 0 Å². The van der Waals surface area contributed by atoms with Gasteiger partial charge in [0.15, 0.2) is 0 Å². The summed E-state index contributed by atoms with van der Waals surface area (Å²) in [6.45, 7) is 15.8. The largest absolute Gasteiger partial charge is 0.497 e. The van der Waals surface area contributed by atoms with Crippen LogP contribution in [0.5, 0.6) is 11.5 Å². The maximum absolute atomic E-state index is 7.43. The van der Waals surface area contributed by atoms with E-state index < -0.39 is 16.1 Å². The number of para-hydroxylation sites is 1. The smallest absolute Gasteiger partial charge is 0.342 e. The van der Waals surface area contributed by atoms with Crippen molar-refractivity contribution in [1.82, 2.24) is 0 Å². The Labute approximate surface area is 323 Å². The van der Waals surface area contributed by atoms with Gasteiger partial charge in [-0.3, -0.25) is 4.67 Å². The first-order valence-electron chi connectivity index (χ1n) is 19.0. The first kappa shape index (κ1) is 37.9. The molecule has 0 saturated heterocycles. The Balaban J connectivity index is 1.64. The molecule has 5 nitrogen and oxygen atoms in total. The van der Waals surface area contributed by atoms with E-state index in [-0.39, 0.29) is 16.9 Å². The number of ether oxygens (including phenoxy) is 2. The Bertz CT molecular complexity index is 2210. The molecule has 6 aromatic rings. The van der Waals surface area contributed by atoms with Crippen molar-refractivity contribution in [2.75, 3.05) is 18.9 Å². The van der Waals surface area contributed by atoms with E-state index in [1.807, 2.05) is 0 Å². The lowest BCUT2D eigenvalue weighted by Gasteiger charge is -2.36. The van der Waals surface area contributed by atoms with E-state index in [9.17, 15) is 0 Å². The van der Waals surface area contributed by atoms with Crippen LogP contribution in [0.2, 0.25) is 0 Å². The van der Waals surface area contributed by atoms with Crippen molar-refractivity contribution in [3.8, 4) is 11.5 Å². The highest BCUT2D eigenvalue weighted by Crippen LogP contribution is 2.52. The number of hydrogen-bond acceptors (Lipinski definition) is 5. The zero-order valence-electron chi connectivity index (χ0n) is 33.1. The van der Waals surface area contributed by atoms with Gasteiger partial charge < -0.3 is 17.9 Å². The second-order valence-corrected chi connectivity index (χ2v) is 19.6. The molecule has 0 N–H and O–H groups in total. The minimum Gasteiger partial charge on any atom is -0.497 e. The van der Waals surface area contributed by atoms with Crippen LogP contribution in [0.25, 0.3) is 28.0 Å². The third kappa shape index (κ3) is 7.34. The standard InChI is InChI=1S/C47H53NO4P2/c1-10-11-20-33-27-26-32-19-18-25-42(53(36-21-14-12-15-22-36)37-23-16-13-17-24-37)45(32)48(33)54-51-40-30-34(49-8)28-38(46(2,3)4)43(40)44-39(47(5,6)7)29-35(50-9)31-41(44)52-54/h12-19,21-31,33H,10-11,20H2,1-9H3/t33-/m0/s1. The molecule has 7 heteroatoms. The fourth-order valence-corrected chi connectivity index (χ4v) is 11.7. The summed E-state index contributed by atoms with van der Waals surface area (Å²) in [6, 6.07) is 37.2. The first-order chi connectivity index (χ1) is 25.9. The Morgan fingerprint density at radius 2 is 1.20 bits per heavy atom. The van der Waals surface area contributed by atoms with E-state index in [0.29, 0.717) is 0 Å². The molecule has 0 fully saturated rings. The lowest BCUT2D eigenvalue weighted by Crippen LogP contribution is -2.35. The average molecular weight is 758 g/mol. The molecule has 7 rings (SSSR count). The maximum Gasteiger partial charge on any atom is 0.342 e. The summed E-state index contributed by atoms with van der Waals surface area (Å²) in [5.41, 5.74) is 5.74. The molecule has 0 aliphatic carbocycles. The van der Waals surface area contributed by atoms with Gasteiger partial charge in [-0.1, -0.05) is 152 Å². The summed E-state index contributed by atoms with van der Waals surface area (Å²) in [5, 5.41) is 6.00. The van der Waals surface area contributed by atoms with Crippen molar-refractivity contribution in [2.24, 2.45) is 0 Å². The van der Waals surface area contributed by atoms with Gasteiger partial charge in [0.25, 0.3) is 0 Å². The number of nitrogens with zero attached hydrogens (tertiary/aromatic N) is 1. The van der Waals surface area contributed by atoms with Crippen molar-refractivity contribution < 1.29 is 17.9 Å². The molecule has 0 radical (unpaired) electrons. The van der Waals surface area contributed by atoms with Gasteiger partial charge in [0.05, 0.1) is 25.9 Å². The molecule has 0 bridgehead atoms. The summed E-state index contributed by atoms with van der Waals surface area (Å²) >= 11 is 0. The quantitative estimate of drug-likeness (QED) is 0.137. The van der Waals surface area contributed by atoms with Crippen molar-refractivity contribution in [3.63, 3.8) is 0 Å². The van der Waals surface area contributed by atoms with Crippen molar-refractivity contribution in [1.29, 1.82) is 0 Å². The first-order valence-corrected chi connectivity index (χ1v) is 21.5. The molecule has 0 amide bonds. The van der Waals surface area contributed by atoms with E-state index in [4.69, 9.17) is 17.9 Å². The van der Waals surface area contributed by atoms with Gasteiger partial charge in [-0.25, -0.2) is 0 Å². The Morgan fingerprint density at radius 1 is 0.685 bits per heavy atom. The molecule has 1 atom stereocenters. The van der Waals surface area contributed by atoms with Gasteiger partial charge in [-0.05, 0) is 64.6 Å². The summed E-state index contributed by atoms with van der Waals surface area (Å²) in [7, 11) is 0.782. The number of methoxy groups -OCH3 is 2. The normalized spacial score (nSPS) is 14.5. The minimum absolute atomic E-state index is 0.0542. The Morgan fingerprint density at radius 3 is 1.67 bits per heavy atom. The predicted octanol–water partition coefficient (Wildman–Crippen LogP) is 12.5. The van der Waals surface area contributed by atoms with Gasteiger partial charge in [0.1, 0.15) is 22.7 Å². The second-order valence-electron chi connectivity index (χ2n) is 16.2. The van der Waals surface area contributed by atoms with E-state index in [0.717, 1.165) is 63.8 Å². The van der Waals surface area contributed by atoms with Crippen LogP contribution in [0.15, 0.2) is 118 Å². The highest BCUT2D eigenvalue weighted by Gasteiger charge is 2.34. The SMILES string of the molecule is CCCC[C@H]1C=Cc2cccc(P(c3ccccc3)c3ccccc3)c2N1p1oc2cc(OC)cc(C(C)(C)C)c2c2c(C(C)(C)C)cc(OC)cc2o1. The molecule has 1 aliphatic rings. The molecule has 0 saturated carbocycles. The van der Waals surface area contributed by atoms with Gasteiger partial charge in [0.2, 0.25) is 0 Å². The predicted molar refractivity (Wildman–Crippen MR) is 232 cm³/mol. The fraction of sp³-hybridized carbons (Fsp3) is 0.319. The van der Waals surface area contributed by atoms with Crippen molar-refractivity contribution >= 4 is 65.7 Å². The van der Waals surface area contributed by atoms with Crippen LogP contribution >= 0.6 is 16.1 Å². The van der Waals surface area contributed by atoms with Crippen LogP contribution < -0.4 is 30.1 Å². The zero-order valence-corrected chi connectivity index (χ0v) is 34.9. The Kier molecular flexibility index (Phi) is 10.8. The van der Waals surface area contributed by atoms with E-state index in [1.54, 1.807) is 14.2 Å². The molecule has 0 spiro atoms. The third-order valence-electron chi connectivity index (χ3n) is 10.2. The van der Waals surface area contributed by atoms with Crippen molar-refractivity contribution in [2.45, 2.75) is 84.6 Å². The highest BCUT2D eigenvalue weighted by molar-refractivity contribution is 7.80. The number of fused-ring (bicyclic) bond motifs is 4. The summed E-state index contributed by atoms with van der Waals surface area (Å²) in [6.07, 6.45) is 7.81. The summed E-state index contributed by atoms with van der Waals surface area (Å²) < 4.78 is 29.3. The van der Waals surface area contributed by atoms with Crippen LogP contribution in [0.1, 0.15) is 84.4 Å². The van der Waals surface area contributed by atoms with E-state index in [1.165, 1.54) is 27.2 Å². The number of rotatable bonds is 9. The van der Waals surface area contributed by atoms with Crippen LogP contribution in [0, 0.1) is 0 Å². The maximum atomic E-state index is 7.43. The summed E-state index contributed by atoms with van der Waals surface area (Å²) in [4.78, 5) is 0. The van der Waals surface area contributed by atoms with Crippen LogP contribution in [-0.2, 0) is 10.8 Å². The number of anilines is 1. The average Bonchev–Trinajstić information content (AvgIpc) is 3.32. The monoisotopic (exact) mass is 757 g/mol. The fourth-order valence-electron chi connectivity index (χ4n) is 7.52. The van der Waals surface area contributed by atoms with Crippen LogP contribution in [0.4, 0.5) is 5.69 Å². The van der Waals surface area contributed by atoms with Crippen molar-refractivity contribution in [3.05, 3.63) is 126 Å². The highest BCUT2D eigenvalue weighted by atomic mass is 31.1. The summed E-state index contributed by atoms with van der Waals surface area (Å²) in [5.74, 6) is 1.53. The van der Waals surface area contributed by atoms with Gasteiger partial charge in [0, 0.05) is 28.2 Å². The molecule has 1 aliphatic heterocycles. The lowest BCUT2D eigenvalue weighted by molar-refractivity contribution is 0.412. The topological polar surface area (TPSA) is 48.0 Å². The molecular formula is C47H53NO4P2. The molecule has 280 valence electrons. The molecule has 0 unspecified atom stereocenters. The Hall–Kier alpha value is -4.43. The number of hydrogen-bond donors (Lipinski definition) is 0. The zero-order chi connectivity index (χ0) is 38.2. The van der Waals surface area contributed by atoms with E-state index >= 15 is 0 Å². The molecule has 54 heavy (non-hydrogen) atoms. The lowest BCUT2D eigenvalue weighted by atomic mass is 9.79. The van der Waals surface area contributed by atoms with Gasteiger partial charge in [-0.2, -0.15) is 0 Å². The van der Waals surface area contributed by atoms with Crippen LogP contribution in [0.3, 0.4) is 0 Å². The van der Waals surface area contributed by atoms with Gasteiger partial charge >= 0.3 is 8.16 Å².